The van der Waals surface area contributed by atoms with Crippen molar-refractivity contribution in [3.8, 4) is 0 Å². The zero-order valence-electron chi connectivity index (χ0n) is 7.11. The van der Waals surface area contributed by atoms with Gasteiger partial charge >= 0.3 is 5.97 Å². The molecule has 0 spiro atoms. The Morgan fingerprint density at radius 1 is 1.67 bits per heavy atom. The number of aliphatic hydroxyl groups is 1. The van der Waals surface area contributed by atoms with Crippen LogP contribution in [0, 0.1) is 0 Å². The SMILES string of the molecule is COC[C@@H](O)[C@@H]1N[C@@H]1C(=O)OC. The average molecular weight is 175 g/mol. The van der Waals surface area contributed by atoms with Crippen molar-refractivity contribution in [2.45, 2.75) is 18.2 Å². The maximum atomic E-state index is 10.9. The molecule has 70 valence electrons. The number of carbonyl (C=O) groups excluding carboxylic acids is 1. The lowest BCUT2D eigenvalue weighted by Crippen LogP contribution is -2.25. The van der Waals surface area contributed by atoms with Crippen LogP contribution in [0.1, 0.15) is 0 Å². The zero-order valence-corrected chi connectivity index (χ0v) is 7.11. The standard InChI is InChI=1S/C7H13NO4/c1-11-3-4(9)5-6(8-5)7(10)12-2/h4-6,8-9H,3H2,1-2H3/t4-,5+,6+/m1/s1. The predicted octanol–water partition coefficient (Wildman–Crippen LogP) is -1.49. The van der Waals surface area contributed by atoms with E-state index in [0.29, 0.717) is 0 Å². The normalized spacial score (nSPS) is 29.6. The van der Waals surface area contributed by atoms with Crippen molar-refractivity contribution in [2.75, 3.05) is 20.8 Å². The van der Waals surface area contributed by atoms with E-state index in [2.05, 4.69) is 10.1 Å². The van der Waals surface area contributed by atoms with Crippen LogP contribution < -0.4 is 5.32 Å². The van der Waals surface area contributed by atoms with Crippen molar-refractivity contribution in [2.24, 2.45) is 0 Å². The van der Waals surface area contributed by atoms with Gasteiger partial charge in [-0.2, -0.15) is 0 Å². The summed E-state index contributed by atoms with van der Waals surface area (Å²) in [6.45, 7) is 0.227. The van der Waals surface area contributed by atoms with E-state index in [4.69, 9.17) is 4.74 Å². The molecule has 0 saturated carbocycles. The molecular weight excluding hydrogens is 162 g/mol. The van der Waals surface area contributed by atoms with Crippen LogP contribution in [0.4, 0.5) is 0 Å². The summed E-state index contributed by atoms with van der Waals surface area (Å²) in [6, 6.07) is -0.572. The van der Waals surface area contributed by atoms with Crippen LogP contribution in [0.5, 0.6) is 0 Å². The Kier molecular flexibility index (Phi) is 3.02. The fourth-order valence-electron chi connectivity index (χ4n) is 1.10. The third-order valence-corrected chi connectivity index (χ3v) is 1.83. The Morgan fingerprint density at radius 3 is 2.83 bits per heavy atom. The van der Waals surface area contributed by atoms with Gasteiger partial charge in [0.15, 0.2) is 0 Å². The summed E-state index contributed by atoms with van der Waals surface area (Å²) < 4.78 is 9.20. The minimum Gasteiger partial charge on any atom is -0.468 e. The van der Waals surface area contributed by atoms with Gasteiger partial charge in [0.25, 0.3) is 0 Å². The molecule has 1 fully saturated rings. The second kappa shape index (κ2) is 3.84. The Balaban J connectivity index is 2.27. The number of nitrogens with one attached hydrogen (secondary N) is 1. The maximum absolute atomic E-state index is 10.9. The van der Waals surface area contributed by atoms with E-state index in [0.717, 1.165) is 0 Å². The number of esters is 1. The zero-order chi connectivity index (χ0) is 9.14. The topological polar surface area (TPSA) is 77.7 Å². The number of ether oxygens (including phenoxy) is 2. The van der Waals surface area contributed by atoms with Gasteiger partial charge in [0.2, 0.25) is 0 Å². The van der Waals surface area contributed by atoms with Crippen LogP contribution in [0.15, 0.2) is 0 Å². The van der Waals surface area contributed by atoms with E-state index < -0.39 is 6.10 Å². The molecule has 0 aliphatic carbocycles. The molecule has 0 bridgehead atoms. The average Bonchev–Trinajstić information content (AvgIpc) is 2.82. The summed E-state index contributed by atoms with van der Waals surface area (Å²) >= 11 is 0. The third-order valence-electron chi connectivity index (χ3n) is 1.83. The monoisotopic (exact) mass is 175 g/mol. The molecule has 2 N–H and O–H groups in total. The van der Waals surface area contributed by atoms with Crippen LogP contribution >= 0.6 is 0 Å². The van der Waals surface area contributed by atoms with E-state index in [9.17, 15) is 9.90 Å². The molecule has 0 radical (unpaired) electrons. The first-order chi connectivity index (χ1) is 5.70. The lowest BCUT2D eigenvalue weighted by Gasteiger charge is -2.05. The molecule has 0 aromatic rings. The van der Waals surface area contributed by atoms with Gasteiger partial charge in [-0.3, -0.25) is 10.1 Å². The van der Waals surface area contributed by atoms with Crippen molar-refractivity contribution in [1.82, 2.24) is 5.32 Å². The fourth-order valence-corrected chi connectivity index (χ4v) is 1.10. The molecule has 0 aromatic carbocycles. The quantitative estimate of drug-likeness (QED) is 0.402. The highest BCUT2D eigenvalue weighted by Crippen LogP contribution is 2.16. The highest BCUT2D eigenvalue weighted by molar-refractivity contribution is 5.80. The van der Waals surface area contributed by atoms with E-state index in [1.54, 1.807) is 0 Å². The van der Waals surface area contributed by atoms with Crippen molar-refractivity contribution >= 4 is 5.97 Å². The summed E-state index contributed by atoms with van der Waals surface area (Å²) in [7, 11) is 2.82. The van der Waals surface area contributed by atoms with Gasteiger partial charge < -0.3 is 14.6 Å². The largest absolute Gasteiger partial charge is 0.468 e. The minimum atomic E-state index is -0.640. The van der Waals surface area contributed by atoms with Crippen molar-refractivity contribution < 1.29 is 19.4 Å². The highest BCUT2D eigenvalue weighted by Gasteiger charge is 2.47. The van der Waals surface area contributed by atoms with Gasteiger partial charge in [0.1, 0.15) is 6.04 Å². The molecule has 1 saturated heterocycles. The maximum Gasteiger partial charge on any atom is 0.324 e. The molecule has 1 aliphatic heterocycles. The fraction of sp³-hybridized carbons (Fsp3) is 0.857. The van der Waals surface area contributed by atoms with E-state index in [-0.39, 0.29) is 24.7 Å². The summed E-state index contributed by atoms with van der Waals surface area (Å²) in [4.78, 5) is 10.9. The lowest BCUT2D eigenvalue weighted by molar-refractivity contribution is -0.140. The van der Waals surface area contributed by atoms with Gasteiger partial charge in [-0.15, -0.1) is 0 Å². The second-order valence-corrected chi connectivity index (χ2v) is 2.72. The Hall–Kier alpha value is -0.650. The first kappa shape index (κ1) is 9.44. The number of methoxy groups -OCH3 is 2. The van der Waals surface area contributed by atoms with Crippen LogP contribution in [0.25, 0.3) is 0 Å². The van der Waals surface area contributed by atoms with Gasteiger partial charge in [-0.05, 0) is 0 Å². The van der Waals surface area contributed by atoms with Crippen LogP contribution in [0.3, 0.4) is 0 Å². The number of aliphatic hydroxyl groups excluding tert-OH is 1. The summed E-state index contributed by atoms with van der Waals surface area (Å²) in [5.41, 5.74) is 0. The van der Waals surface area contributed by atoms with Crippen molar-refractivity contribution in [3.63, 3.8) is 0 Å². The second-order valence-electron chi connectivity index (χ2n) is 2.72. The molecular formula is C7H13NO4. The smallest absolute Gasteiger partial charge is 0.324 e. The predicted molar refractivity (Wildman–Crippen MR) is 40.6 cm³/mol. The Morgan fingerprint density at radius 2 is 2.33 bits per heavy atom. The van der Waals surface area contributed by atoms with Crippen molar-refractivity contribution in [3.05, 3.63) is 0 Å². The van der Waals surface area contributed by atoms with Crippen LogP contribution in [-0.4, -0.2) is 50.1 Å². The molecule has 1 heterocycles. The Labute approximate surface area is 70.7 Å². The number of rotatable bonds is 4. The molecule has 0 unspecified atom stereocenters. The molecule has 1 rings (SSSR count). The minimum absolute atomic E-state index is 0.211. The van der Waals surface area contributed by atoms with Gasteiger partial charge in [0.05, 0.1) is 25.9 Å². The molecule has 3 atom stereocenters. The highest BCUT2D eigenvalue weighted by atomic mass is 16.5. The molecule has 5 heteroatoms. The summed E-state index contributed by atoms with van der Waals surface area (Å²) in [5.74, 6) is -0.338. The lowest BCUT2D eigenvalue weighted by atomic mass is 10.2. The van der Waals surface area contributed by atoms with E-state index >= 15 is 0 Å². The first-order valence-electron chi connectivity index (χ1n) is 3.71. The van der Waals surface area contributed by atoms with Gasteiger partial charge in [-0.1, -0.05) is 0 Å². The molecule has 0 amide bonds. The molecule has 1 aliphatic rings. The summed E-state index contributed by atoms with van der Waals surface area (Å²) in [6.07, 6.45) is -0.640. The number of carbonyl (C=O) groups is 1. The van der Waals surface area contributed by atoms with Crippen LogP contribution in [-0.2, 0) is 14.3 Å². The Bertz CT molecular complexity index is 173. The molecule has 0 aromatic heterocycles. The molecule has 5 nitrogen and oxygen atoms in total. The third kappa shape index (κ3) is 1.94. The van der Waals surface area contributed by atoms with Gasteiger partial charge in [-0.25, -0.2) is 0 Å². The van der Waals surface area contributed by atoms with E-state index in [1.807, 2.05) is 0 Å². The van der Waals surface area contributed by atoms with Crippen molar-refractivity contribution in [1.29, 1.82) is 0 Å². The number of hydrogen-bond donors (Lipinski definition) is 2. The van der Waals surface area contributed by atoms with Gasteiger partial charge in [0, 0.05) is 7.11 Å². The summed E-state index contributed by atoms with van der Waals surface area (Å²) in [5, 5.41) is 12.1. The molecule has 12 heavy (non-hydrogen) atoms. The number of hydrogen-bond acceptors (Lipinski definition) is 5. The first-order valence-corrected chi connectivity index (χ1v) is 3.71. The van der Waals surface area contributed by atoms with E-state index in [1.165, 1.54) is 14.2 Å². The van der Waals surface area contributed by atoms with Crippen LogP contribution in [0.2, 0.25) is 0 Å².